The van der Waals surface area contributed by atoms with Crippen molar-refractivity contribution in [2.24, 2.45) is 0 Å². The second-order valence-corrected chi connectivity index (χ2v) is 12.0. The van der Waals surface area contributed by atoms with Gasteiger partial charge in [0, 0.05) is 63.9 Å². The quantitative estimate of drug-likeness (QED) is 0.177. The first kappa shape index (κ1) is 29.8. The van der Waals surface area contributed by atoms with E-state index in [0.29, 0.717) is 0 Å². The summed E-state index contributed by atoms with van der Waals surface area (Å²) >= 11 is 1.86. The van der Waals surface area contributed by atoms with Crippen LogP contribution in [0.3, 0.4) is 0 Å². The van der Waals surface area contributed by atoms with E-state index in [2.05, 4.69) is 101 Å². The standard InChI is InChI=1S/C30H19N2S.C11H8N.Ir/c1-18-20-8-6-9-21(18)29-26(14-15-28-30(29)22-7-2-3-11-27(22)33-28)32-25-13-12-19(17-23(20)25)24-10-4-5-16-31-24;1-2-6-10(7-3-1)11-8-4-5-9-12-11;/h2-11,13-17,32H,1H3;1-6,8-9H;/q2*-1;. The van der Waals surface area contributed by atoms with Crippen LogP contribution in [-0.2, 0) is 20.1 Å². The van der Waals surface area contributed by atoms with Crippen molar-refractivity contribution in [2.75, 3.05) is 5.32 Å². The van der Waals surface area contributed by atoms with E-state index in [9.17, 15) is 0 Å². The van der Waals surface area contributed by atoms with E-state index >= 15 is 0 Å². The largest absolute Gasteiger partial charge is 0.394 e. The number of rotatable bonds is 2. The van der Waals surface area contributed by atoms with Crippen LogP contribution in [0.1, 0.15) is 5.56 Å². The van der Waals surface area contributed by atoms with E-state index < -0.39 is 0 Å². The fraction of sp³-hybridized carbons (Fsp3) is 0.0244. The van der Waals surface area contributed by atoms with Gasteiger partial charge in [-0.1, -0.05) is 66.2 Å². The van der Waals surface area contributed by atoms with Crippen molar-refractivity contribution in [3.05, 3.63) is 157 Å². The summed E-state index contributed by atoms with van der Waals surface area (Å²) in [6, 6.07) is 50.4. The summed E-state index contributed by atoms with van der Waals surface area (Å²) in [5.74, 6) is 0. The van der Waals surface area contributed by atoms with Crippen molar-refractivity contribution >= 4 is 42.9 Å². The fourth-order valence-electron chi connectivity index (χ4n) is 6.11. The molecule has 1 aliphatic rings. The average molecular weight is 786 g/mol. The molecular formula is C41H27IrN3S-2. The Balaban J connectivity index is 0.000000220. The van der Waals surface area contributed by atoms with Crippen LogP contribution in [-0.4, -0.2) is 9.97 Å². The zero-order valence-electron chi connectivity index (χ0n) is 24.9. The predicted molar refractivity (Wildman–Crippen MR) is 189 cm³/mol. The van der Waals surface area contributed by atoms with E-state index in [1.807, 2.05) is 78.2 Å². The first-order valence-electron chi connectivity index (χ1n) is 14.9. The van der Waals surface area contributed by atoms with Crippen molar-refractivity contribution in [3.63, 3.8) is 0 Å². The van der Waals surface area contributed by atoms with Crippen LogP contribution in [0, 0.1) is 19.1 Å². The molecule has 1 N–H and O–H groups in total. The van der Waals surface area contributed by atoms with E-state index in [0.717, 1.165) is 33.9 Å². The molecule has 3 nitrogen and oxygen atoms in total. The van der Waals surface area contributed by atoms with Crippen molar-refractivity contribution in [3.8, 4) is 44.8 Å². The molecule has 0 amide bonds. The Hall–Kier alpha value is -4.93. The third kappa shape index (κ3) is 5.43. The molecule has 4 heterocycles. The predicted octanol–water partition coefficient (Wildman–Crippen LogP) is 11.2. The van der Waals surface area contributed by atoms with Gasteiger partial charge in [-0.05, 0) is 71.0 Å². The van der Waals surface area contributed by atoms with Crippen LogP contribution in [0.2, 0.25) is 0 Å². The van der Waals surface area contributed by atoms with Crippen LogP contribution in [0.4, 0.5) is 11.4 Å². The number of pyridine rings is 2. The first-order valence-corrected chi connectivity index (χ1v) is 15.7. The molecule has 3 aromatic heterocycles. The Bertz CT molecular complexity index is 2260. The summed E-state index contributed by atoms with van der Waals surface area (Å²) in [6.45, 7) is 2.24. The van der Waals surface area contributed by atoms with Gasteiger partial charge in [0.1, 0.15) is 0 Å². The van der Waals surface area contributed by atoms with Gasteiger partial charge in [0.25, 0.3) is 0 Å². The molecule has 223 valence electrons. The van der Waals surface area contributed by atoms with Gasteiger partial charge in [0.05, 0.1) is 0 Å². The maximum atomic E-state index is 4.54. The summed E-state index contributed by atoms with van der Waals surface area (Å²) in [5.41, 5.74) is 12.4. The molecule has 0 unspecified atom stereocenters. The Morgan fingerprint density at radius 2 is 1.35 bits per heavy atom. The third-order valence-corrected chi connectivity index (χ3v) is 9.38. The smallest absolute Gasteiger partial charge is 0.0388 e. The Morgan fingerprint density at radius 1 is 0.609 bits per heavy atom. The third-order valence-electron chi connectivity index (χ3n) is 8.25. The molecule has 1 radical (unpaired) electrons. The topological polar surface area (TPSA) is 37.8 Å². The van der Waals surface area contributed by atoms with E-state index in [-0.39, 0.29) is 20.1 Å². The molecule has 8 aromatic rings. The number of hydrogen-bond acceptors (Lipinski definition) is 4. The maximum Gasteiger partial charge on any atom is 0.0388 e. The van der Waals surface area contributed by atoms with Crippen molar-refractivity contribution in [1.29, 1.82) is 0 Å². The molecule has 0 saturated heterocycles. The van der Waals surface area contributed by atoms with E-state index in [4.69, 9.17) is 0 Å². The number of aromatic nitrogens is 2. The monoisotopic (exact) mass is 786 g/mol. The summed E-state index contributed by atoms with van der Waals surface area (Å²) in [4.78, 5) is 8.75. The van der Waals surface area contributed by atoms with Gasteiger partial charge in [-0.25, -0.2) is 0 Å². The number of anilines is 2. The number of nitrogens with zero attached hydrogens (tertiary/aromatic N) is 2. The number of fused-ring (bicyclic) bond motifs is 10. The van der Waals surface area contributed by atoms with Gasteiger partial charge in [0.15, 0.2) is 0 Å². The van der Waals surface area contributed by atoms with Gasteiger partial charge in [0.2, 0.25) is 0 Å². The number of hydrogen-bond donors (Lipinski definition) is 1. The van der Waals surface area contributed by atoms with Gasteiger partial charge in [-0.15, -0.1) is 71.0 Å². The minimum absolute atomic E-state index is 0. The zero-order chi connectivity index (χ0) is 30.2. The Morgan fingerprint density at radius 3 is 2.11 bits per heavy atom. The van der Waals surface area contributed by atoms with E-state index in [1.54, 1.807) is 6.20 Å². The molecule has 0 atom stereocenters. The van der Waals surface area contributed by atoms with Crippen LogP contribution in [0.15, 0.2) is 140 Å². The molecule has 0 aliphatic carbocycles. The first-order chi connectivity index (χ1) is 22.2. The second-order valence-electron chi connectivity index (χ2n) is 10.9. The minimum atomic E-state index is 0. The Labute approximate surface area is 286 Å². The fourth-order valence-corrected chi connectivity index (χ4v) is 7.22. The molecular weight excluding hydrogens is 759 g/mol. The van der Waals surface area contributed by atoms with E-state index in [1.165, 1.54) is 48.0 Å². The van der Waals surface area contributed by atoms with Crippen LogP contribution >= 0.6 is 11.3 Å². The normalized spacial score (nSPS) is 11.2. The van der Waals surface area contributed by atoms with Gasteiger partial charge in [-0.2, -0.15) is 0 Å². The molecule has 2 bridgehead atoms. The Kier molecular flexibility index (Phi) is 8.30. The van der Waals surface area contributed by atoms with Crippen molar-refractivity contribution in [1.82, 2.24) is 9.97 Å². The average Bonchev–Trinajstić information content (AvgIpc) is 3.49. The van der Waals surface area contributed by atoms with Crippen LogP contribution in [0.5, 0.6) is 0 Å². The molecule has 0 fully saturated rings. The van der Waals surface area contributed by atoms with Gasteiger partial charge in [-0.3, -0.25) is 0 Å². The summed E-state index contributed by atoms with van der Waals surface area (Å²) in [6.07, 6.45) is 3.62. The SMILES string of the molecule is Cc1c2cccc1-c1c(ccc3sc4ccccc4c13)Nc1c[c-]c(-c3ccccn3)cc1-2.[Ir].[c-]1ccccc1-c1ccccn1. The maximum absolute atomic E-state index is 4.54. The number of benzene rings is 5. The molecule has 5 aromatic carbocycles. The zero-order valence-corrected chi connectivity index (χ0v) is 28.1. The second kappa shape index (κ2) is 12.8. The van der Waals surface area contributed by atoms with Gasteiger partial charge < -0.3 is 15.3 Å². The number of nitrogens with one attached hydrogen (secondary N) is 1. The van der Waals surface area contributed by atoms with Crippen molar-refractivity contribution in [2.45, 2.75) is 6.92 Å². The van der Waals surface area contributed by atoms with Crippen molar-refractivity contribution < 1.29 is 20.1 Å². The van der Waals surface area contributed by atoms with Crippen LogP contribution in [0.25, 0.3) is 64.9 Å². The van der Waals surface area contributed by atoms with Gasteiger partial charge >= 0.3 is 0 Å². The molecule has 0 saturated carbocycles. The summed E-state index contributed by atoms with van der Waals surface area (Å²) < 4.78 is 2.64. The molecule has 46 heavy (non-hydrogen) atoms. The summed E-state index contributed by atoms with van der Waals surface area (Å²) in [7, 11) is 0. The summed E-state index contributed by atoms with van der Waals surface area (Å²) in [5, 5.41) is 6.41. The molecule has 0 spiro atoms. The molecule has 5 heteroatoms. The molecule has 9 rings (SSSR count). The number of thiophene rings is 1. The minimum Gasteiger partial charge on any atom is -0.394 e. The molecule has 1 aliphatic heterocycles. The van der Waals surface area contributed by atoms with Crippen LogP contribution < -0.4 is 5.32 Å².